The largest absolute Gasteiger partial charge is 0.319 e. The molecule has 0 aliphatic rings. The average molecular weight is 215 g/mol. The van der Waals surface area contributed by atoms with Gasteiger partial charge < -0.3 is 5.32 Å². The number of nitrogens with zero attached hydrogens (tertiary/aromatic N) is 1. The van der Waals surface area contributed by atoms with Crippen LogP contribution in [-0.4, -0.2) is 18.6 Å². The molecule has 60 valence electrons. The summed E-state index contributed by atoms with van der Waals surface area (Å²) < 4.78 is 0.954. The molecule has 1 N–H and O–H groups in total. The minimum Gasteiger partial charge on any atom is -0.319 e. The molecule has 0 fully saturated rings. The van der Waals surface area contributed by atoms with Crippen LogP contribution in [0.2, 0.25) is 0 Å². The SMILES string of the molecule is CNCCc1cccnc1Br. The molecule has 3 heteroatoms. The molecule has 2 nitrogen and oxygen atoms in total. The smallest absolute Gasteiger partial charge is 0.109 e. The summed E-state index contributed by atoms with van der Waals surface area (Å²) >= 11 is 3.39. The fourth-order valence-corrected chi connectivity index (χ4v) is 1.31. The highest BCUT2D eigenvalue weighted by molar-refractivity contribution is 9.10. The molecular weight excluding hydrogens is 204 g/mol. The van der Waals surface area contributed by atoms with Crippen molar-refractivity contribution in [2.24, 2.45) is 0 Å². The molecule has 1 aromatic heterocycles. The highest BCUT2D eigenvalue weighted by atomic mass is 79.9. The monoisotopic (exact) mass is 214 g/mol. The Balaban J connectivity index is 2.62. The van der Waals surface area contributed by atoms with E-state index in [-0.39, 0.29) is 0 Å². The molecule has 0 atom stereocenters. The Morgan fingerprint density at radius 3 is 3.09 bits per heavy atom. The summed E-state index contributed by atoms with van der Waals surface area (Å²) in [5.41, 5.74) is 1.25. The molecule has 0 saturated carbocycles. The molecule has 1 rings (SSSR count). The third kappa shape index (κ3) is 2.60. The standard InChI is InChI=1S/C8H11BrN2/c1-10-6-4-7-3-2-5-11-8(7)9/h2-3,5,10H,4,6H2,1H3. The number of pyridine rings is 1. The number of hydrogen-bond acceptors (Lipinski definition) is 2. The highest BCUT2D eigenvalue weighted by Crippen LogP contribution is 2.12. The second kappa shape index (κ2) is 4.46. The highest BCUT2D eigenvalue weighted by Gasteiger charge is 1.96. The fraction of sp³-hybridized carbons (Fsp3) is 0.375. The van der Waals surface area contributed by atoms with Crippen molar-refractivity contribution in [1.29, 1.82) is 0 Å². The van der Waals surface area contributed by atoms with Crippen molar-refractivity contribution in [2.45, 2.75) is 6.42 Å². The zero-order valence-electron chi connectivity index (χ0n) is 6.47. The van der Waals surface area contributed by atoms with Gasteiger partial charge in [0.25, 0.3) is 0 Å². The Kier molecular flexibility index (Phi) is 3.52. The van der Waals surface area contributed by atoms with Gasteiger partial charge in [0.1, 0.15) is 4.60 Å². The topological polar surface area (TPSA) is 24.9 Å². The van der Waals surface area contributed by atoms with Crippen molar-refractivity contribution in [3.63, 3.8) is 0 Å². The van der Waals surface area contributed by atoms with Crippen LogP contribution in [0, 0.1) is 0 Å². The van der Waals surface area contributed by atoms with Gasteiger partial charge in [-0.3, -0.25) is 0 Å². The fourth-order valence-electron chi connectivity index (χ4n) is 0.865. The van der Waals surface area contributed by atoms with E-state index in [1.807, 2.05) is 13.1 Å². The maximum atomic E-state index is 4.12. The van der Waals surface area contributed by atoms with Gasteiger partial charge in [-0.1, -0.05) is 6.07 Å². The molecule has 11 heavy (non-hydrogen) atoms. The molecule has 0 saturated heterocycles. The van der Waals surface area contributed by atoms with E-state index in [2.05, 4.69) is 32.3 Å². The van der Waals surface area contributed by atoms with E-state index in [4.69, 9.17) is 0 Å². The van der Waals surface area contributed by atoms with Crippen LogP contribution in [0.15, 0.2) is 22.9 Å². The van der Waals surface area contributed by atoms with Crippen LogP contribution in [0.3, 0.4) is 0 Å². The second-order valence-electron chi connectivity index (χ2n) is 2.31. The third-order valence-electron chi connectivity index (χ3n) is 1.48. The molecule has 0 aliphatic carbocycles. The summed E-state index contributed by atoms with van der Waals surface area (Å²) in [4.78, 5) is 4.12. The Labute approximate surface area is 75.2 Å². The van der Waals surface area contributed by atoms with Crippen LogP contribution in [0.5, 0.6) is 0 Å². The summed E-state index contributed by atoms with van der Waals surface area (Å²) in [5.74, 6) is 0. The lowest BCUT2D eigenvalue weighted by atomic mass is 10.2. The first-order chi connectivity index (χ1) is 5.34. The van der Waals surface area contributed by atoms with Gasteiger partial charge >= 0.3 is 0 Å². The molecule has 0 unspecified atom stereocenters. The number of halogens is 1. The molecule has 0 amide bonds. The first kappa shape index (κ1) is 8.68. The van der Waals surface area contributed by atoms with E-state index in [0.717, 1.165) is 17.6 Å². The van der Waals surface area contributed by atoms with E-state index in [9.17, 15) is 0 Å². The van der Waals surface area contributed by atoms with Crippen LogP contribution < -0.4 is 5.32 Å². The lowest BCUT2D eigenvalue weighted by Gasteiger charge is -2.01. The van der Waals surface area contributed by atoms with Crippen LogP contribution in [-0.2, 0) is 6.42 Å². The number of nitrogens with one attached hydrogen (secondary N) is 1. The number of hydrogen-bond donors (Lipinski definition) is 1. The maximum Gasteiger partial charge on any atom is 0.109 e. The van der Waals surface area contributed by atoms with Crippen molar-refractivity contribution in [3.05, 3.63) is 28.5 Å². The predicted octanol–water partition coefficient (Wildman–Crippen LogP) is 1.61. The number of aromatic nitrogens is 1. The van der Waals surface area contributed by atoms with Gasteiger partial charge in [-0.2, -0.15) is 0 Å². The van der Waals surface area contributed by atoms with Crippen molar-refractivity contribution >= 4 is 15.9 Å². The zero-order valence-corrected chi connectivity index (χ0v) is 8.06. The van der Waals surface area contributed by atoms with E-state index in [1.165, 1.54) is 5.56 Å². The first-order valence-corrected chi connectivity index (χ1v) is 4.38. The Hall–Kier alpha value is -0.410. The normalized spacial score (nSPS) is 10.0. The number of likely N-dealkylation sites (N-methyl/N-ethyl adjacent to an activating group) is 1. The van der Waals surface area contributed by atoms with E-state index >= 15 is 0 Å². The molecule has 0 aromatic carbocycles. The van der Waals surface area contributed by atoms with Gasteiger partial charge in [0.15, 0.2) is 0 Å². The van der Waals surface area contributed by atoms with Gasteiger partial charge in [0.05, 0.1) is 0 Å². The van der Waals surface area contributed by atoms with E-state index < -0.39 is 0 Å². The molecule has 1 heterocycles. The van der Waals surface area contributed by atoms with E-state index in [0.29, 0.717) is 0 Å². The summed E-state index contributed by atoms with van der Waals surface area (Å²) in [6, 6.07) is 4.03. The summed E-state index contributed by atoms with van der Waals surface area (Å²) in [6.07, 6.45) is 2.80. The Morgan fingerprint density at radius 1 is 1.64 bits per heavy atom. The molecule has 0 spiro atoms. The molecule has 0 bridgehead atoms. The lowest BCUT2D eigenvalue weighted by molar-refractivity contribution is 0.786. The van der Waals surface area contributed by atoms with Gasteiger partial charge in [-0.05, 0) is 47.6 Å². The Morgan fingerprint density at radius 2 is 2.45 bits per heavy atom. The van der Waals surface area contributed by atoms with Gasteiger partial charge in [-0.15, -0.1) is 0 Å². The van der Waals surface area contributed by atoms with Crippen LogP contribution in [0.1, 0.15) is 5.56 Å². The van der Waals surface area contributed by atoms with Gasteiger partial charge in [0, 0.05) is 6.20 Å². The van der Waals surface area contributed by atoms with Crippen molar-refractivity contribution in [3.8, 4) is 0 Å². The predicted molar refractivity (Wildman–Crippen MR) is 49.6 cm³/mol. The van der Waals surface area contributed by atoms with Crippen molar-refractivity contribution in [2.75, 3.05) is 13.6 Å². The summed E-state index contributed by atoms with van der Waals surface area (Å²) in [6.45, 7) is 0.990. The number of rotatable bonds is 3. The second-order valence-corrected chi connectivity index (χ2v) is 3.06. The molecule has 0 aliphatic heterocycles. The van der Waals surface area contributed by atoms with Gasteiger partial charge in [-0.25, -0.2) is 4.98 Å². The summed E-state index contributed by atoms with van der Waals surface area (Å²) in [5, 5.41) is 3.09. The van der Waals surface area contributed by atoms with Crippen LogP contribution in [0.4, 0.5) is 0 Å². The third-order valence-corrected chi connectivity index (χ3v) is 2.19. The quantitative estimate of drug-likeness (QED) is 0.774. The average Bonchev–Trinajstić information content (AvgIpc) is 2.03. The zero-order chi connectivity index (χ0) is 8.10. The minimum atomic E-state index is 0.954. The Bertz CT molecular complexity index is 225. The lowest BCUT2D eigenvalue weighted by Crippen LogP contribution is -2.10. The first-order valence-electron chi connectivity index (χ1n) is 3.58. The summed E-state index contributed by atoms with van der Waals surface area (Å²) in [7, 11) is 1.95. The molecular formula is C8H11BrN2. The van der Waals surface area contributed by atoms with Crippen LogP contribution in [0.25, 0.3) is 0 Å². The van der Waals surface area contributed by atoms with Crippen molar-refractivity contribution in [1.82, 2.24) is 10.3 Å². The van der Waals surface area contributed by atoms with Crippen molar-refractivity contribution < 1.29 is 0 Å². The van der Waals surface area contributed by atoms with Crippen LogP contribution >= 0.6 is 15.9 Å². The van der Waals surface area contributed by atoms with E-state index in [1.54, 1.807) is 6.20 Å². The maximum absolute atomic E-state index is 4.12. The molecule has 0 radical (unpaired) electrons. The molecule has 1 aromatic rings. The minimum absolute atomic E-state index is 0.954. The van der Waals surface area contributed by atoms with Gasteiger partial charge in [0.2, 0.25) is 0 Å².